The number of aromatic nitrogens is 2. The molecule has 0 aliphatic rings. The maximum absolute atomic E-state index is 6.11. The topological polar surface area (TPSA) is 83.4 Å². The first-order valence-corrected chi connectivity index (χ1v) is 6.91. The molecule has 2 rings (SSSR count). The summed E-state index contributed by atoms with van der Waals surface area (Å²) in [6.45, 7) is 4.14. The van der Waals surface area contributed by atoms with Crippen molar-refractivity contribution in [3.8, 4) is 22.9 Å². The van der Waals surface area contributed by atoms with Crippen LogP contribution in [0.25, 0.3) is 11.4 Å². The van der Waals surface area contributed by atoms with Crippen LogP contribution in [-0.2, 0) is 0 Å². The third-order valence-electron chi connectivity index (χ3n) is 3.59. The van der Waals surface area contributed by atoms with E-state index in [1.807, 2.05) is 12.1 Å². The lowest BCUT2D eigenvalue weighted by Crippen LogP contribution is -2.18. The van der Waals surface area contributed by atoms with Gasteiger partial charge in [-0.15, -0.1) is 0 Å². The predicted molar refractivity (Wildman–Crippen MR) is 79.2 cm³/mol. The molecule has 2 aromatic rings. The highest BCUT2D eigenvalue weighted by atomic mass is 16.5. The Kier molecular flexibility index (Phi) is 4.80. The van der Waals surface area contributed by atoms with E-state index in [1.165, 1.54) is 0 Å². The van der Waals surface area contributed by atoms with Crippen LogP contribution in [0.5, 0.6) is 11.5 Å². The van der Waals surface area contributed by atoms with Gasteiger partial charge in [0.2, 0.25) is 11.7 Å². The summed E-state index contributed by atoms with van der Waals surface area (Å²) in [6.07, 6.45) is 0.950. The second-order valence-corrected chi connectivity index (χ2v) is 4.97. The maximum atomic E-state index is 6.11. The Morgan fingerprint density at radius 3 is 2.33 bits per heavy atom. The molecule has 0 aliphatic carbocycles. The first kappa shape index (κ1) is 15.3. The van der Waals surface area contributed by atoms with Crippen LogP contribution in [0.3, 0.4) is 0 Å². The molecule has 0 fully saturated rings. The van der Waals surface area contributed by atoms with Crippen LogP contribution < -0.4 is 15.2 Å². The molecule has 0 aliphatic heterocycles. The van der Waals surface area contributed by atoms with Crippen LogP contribution in [0, 0.1) is 5.92 Å². The molecule has 2 unspecified atom stereocenters. The first-order valence-electron chi connectivity index (χ1n) is 6.91. The van der Waals surface area contributed by atoms with E-state index >= 15 is 0 Å². The zero-order valence-electron chi connectivity index (χ0n) is 12.8. The Morgan fingerprint density at radius 1 is 1.19 bits per heavy atom. The summed E-state index contributed by atoms with van der Waals surface area (Å²) in [4.78, 5) is 4.39. The molecule has 0 bridgehead atoms. The van der Waals surface area contributed by atoms with Crippen LogP contribution >= 0.6 is 0 Å². The smallest absolute Gasteiger partial charge is 0.244 e. The first-order chi connectivity index (χ1) is 10.1. The number of methoxy groups -OCH3 is 2. The van der Waals surface area contributed by atoms with Gasteiger partial charge >= 0.3 is 0 Å². The van der Waals surface area contributed by atoms with Gasteiger partial charge in [-0.25, -0.2) is 0 Å². The van der Waals surface area contributed by atoms with E-state index in [0.29, 0.717) is 23.2 Å². The largest absolute Gasteiger partial charge is 0.497 e. The Hall–Kier alpha value is -2.08. The molecule has 1 aromatic carbocycles. The second-order valence-electron chi connectivity index (χ2n) is 4.97. The van der Waals surface area contributed by atoms with E-state index in [1.54, 1.807) is 20.3 Å². The van der Waals surface area contributed by atoms with Gasteiger partial charge in [0.1, 0.15) is 11.5 Å². The molecule has 0 amide bonds. The highest BCUT2D eigenvalue weighted by Crippen LogP contribution is 2.29. The lowest BCUT2D eigenvalue weighted by Gasteiger charge is -2.13. The fourth-order valence-corrected chi connectivity index (χ4v) is 1.92. The van der Waals surface area contributed by atoms with Gasteiger partial charge in [-0.1, -0.05) is 25.4 Å². The van der Waals surface area contributed by atoms with Crippen LogP contribution in [-0.4, -0.2) is 24.4 Å². The summed E-state index contributed by atoms with van der Waals surface area (Å²) in [5.74, 6) is 2.53. The van der Waals surface area contributed by atoms with Crippen LogP contribution in [0.1, 0.15) is 32.2 Å². The van der Waals surface area contributed by atoms with Gasteiger partial charge in [0.05, 0.1) is 20.3 Å². The fraction of sp³-hybridized carbons (Fsp3) is 0.467. The number of benzene rings is 1. The minimum Gasteiger partial charge on any atom is -0.497 e. The molecule has 114 valence electrons. The quantitative estimate of drug-likeness (QED) is 0.881. The van der Waals surface area contributed by atoms with E-state index in [-0.39, 0.29) is 12.0 Å². The van der Waals surface area contributed by atoms with E-state index in [4.69, 9.17) is 19.7 Å². The standard InChI is InChI=1S/C15H21N3O3/c1-5-9(2)13(16)15-17-14(18-21-15)10-6-11(19-3)8-12(7-10)20-4/h6-9,13H,5,16H2,1-4H3. The minimum absolute atomic E-state index is 0.260. The Labute approximate surface area is 124 Å². The molecule has 0 radical (unpaired) electrons. The van der Waals surface area contributed by atoms with E-state index in [2.05, 4.69) is 24.0 Å². The SMILES string of the molecule is CCC(C)C(N)c1nc(-c2cc(OC)cc(OC)c2)no1. The van der Waals surface area contributed by atoms with E-state index < -0.39 is 0 Å². The summed E-state index contributed by atoms with van der Waals surface area (Å²) in [5.41, 5.74) is 6.87. The second kappa shape index (κ2) is 6.58. The van der Waals surface area contributed by atoms with Gasteiger partial charge in [0, 0.05) is 11.6 Å². The van der Waals surface area contributed by atoms with Crippen molar-refractivity contribution >= 4 is 0 Å². The van der Waals surface area contributed by atoms with E-state index in [0.717, 1.165) is 12.0 Å². The molecule has 21 heavy (non-hydrogen) atoms. The average molecular weight is 291 g/mol. The predicted octanol–water partition coefficient (Wildman–Crippen LogP) is 2.80. The van der Waals surface area contributed by atoms with Crippen molar-refractivity contribution in [1.82, 2.24) is 10.1 Å². The van der Waals surface area contributed by atoms with E-state index in [9.17, 15) is 0 Å². The van der Waals surface area contributed by atoms with Crippen molar-refractivity contribution in [1.29, 1.82) is 0 Å². The normalized spacial score (nSPS) is 13.8. The Balaban J connectivity index is 2.33. The average Bonchev–Trinajstić information content (AvgIpc) is 3.02. The Bertz CT molecular complexity index is 575. The molecule has 6 nitrogen and oxygen atoms in total. The highest BCUT2D eigenvalue weighted by molar-refractivity contribution is 5.60. The summed E-state index contributed by atoms with van der Waals surface area (Å²) < 4.78 is 15.8. The number of nitrogens with zero attached hydrogens (tertiary/aromatic N) is 2. The molecule has 0 saturated carbocycles. The minimum atomic E-state index is -0.260. The molecule has 1 heterocycles. The molecule has 2 N–H and O–H groups in total. The molecule has 1 aromatic heterocycles. The lowest BCUT2D eigenvalue weighted by molar-refractivity contribution is 0.312. The monoisotopic (exact) mass is 291 g/mol. The fourth-order valence-electron chi connectivity index (χ4n) is 1.92. The molecule has 2 atom stereocenters. The van der Waals surface area contributed by atoms with Crippen molar-refractivity contribution in [2.45, 2.75) is 26.3 Å². The molecule has 0 spiro atoms. The highest BCUT2D eigenvalue weighted by Gasteiger charge is 2.21. The van der Waals surface area contributed by atoms with Crippen molar-refractivity contribution < 1.29 is 14.0 Å². The number of rotatable bonds is 6. The number of hydrogen-bond acceptors (Lipinski definition) is 6. The molecule has 6 heteroatoms. The number of hydrogen-bond donors (Lipinski definition) is 1. The van der Waals surface area contributed by atoms with Crippen LogP contribution in [0.2, 0.25) is 0 Å². The van der Waals surface area contributed by atoms with Gasteiger partial charge in [-0.3, -0.25) is 0 Å². The van der Waals surface area contributed by atoms with Gasteiger partial charge in [0.25, 0.3) is 0 Å². The lowest BCUT2D eigenvalue weighted by atomic mass is 10.0. The number of ether oxygens (including phenoxy) is 2. The van der Waals surface area contributed by atoms with Gasteiger partial charge < -0.3 is 19.7 Å². The summed E-state index contributed by atoms with van der Waals surface area (Å²) in [6, 6.07) is 5.18. The zero-order valence-corrected chi connectivity index (χ0v) is 12.8. The van der Waals surface area contributed by atoms with Crippen molar-refractivity contribution in [3.63, 3.8) is 0 Å². The van der Waals surface area contributed by atoms with Crippen molar-refractivity contribution in [3.05, 3.63) is 24.1 Å². The number of nitrogens with two attached hydrogens (primary N) is 1. The Morgan fingerprint density at radius 2 is 1.81 bits per heavy atom. The van der Waals surface area contributed by atoms with Crippen molar-refractivity contribution in [2.75, 3.05) is 14.2 Å². The van der Waals surface area contributed by atoms with Crippen LogP contribution in [0.15, 0.2) is 22.7 Å². The summed E-state index contributed by atoms with van der Waals surface area (Å²) in [5, 5.41) is 4.00. The molecule has 0 saturated heterocycles. The third-order valence-corrected chi connectivity index (χ3v) is 3.59. The van der Waals surface area contributed by atoms with Gasteiger partial charge in [-0.05, 0) is 18.1 Å². The van der Waals surface area contributed by atoms with Gasteiger partial charge in [0.15, 0.2) is 0 Å². The molecular formula is C15H21N3O3. The van der Waals surface area contributed by atoms with Crippen LogP contribution in [0.4, 0.5) is 0 Å². The van der Waals surface area contributed by atoms with Crippen molar-refractivity contribution in [2.24, 2.45) is 11.7 Å². The zero-order chi connectivity index (χ0) is 15.4. The molecular weight excluding hydrogens is 270 g/mol. The third kappa shape index (κ3) is 3.33. The maximum Gasteiger partial charge on any atom is 0.244 e. The summed E-state index contributed by atoms with van der Waals surface area (Å²) >= 11 is 0. The van der Waals surface area contributed by atoms with Gasteiger partial charge in [-0.2, -0.15) is 4.98 Å². The summed E-state index contributed by atoms with van der Waals surface area (Å²) in [7, 11) is 3.19.